The summed E-state index contributed by atoms with van der Waals surface area (Å²) in [5.74, 6) is 6.13. The molecule has 276 valence electrons. The zero-order valence-electron chi connectivity index (χ0n) is 30.9. The molecule has 0 spiro atoms. The van der Waals surface area contributed by atoms with Crippen molar-refractivity contribution in [2.45, 2.75) is 153 Å². The van der Waals surface area contributed by atoms with Gasteiger partial charge in [-0.2, -0.15) is 0 Å². The van der Waals surface area contributed by atoms with Gasteiger partial charge in [-0.25, -0.2) is 0 Å². The highest BCUT2D eigenvalue weighted by atomic mass is 16.4. The molecular formula is C43H62O7. The molecule has 0 heterocycles. The third-order valence-corrected chi connectivity index (χ3v) is 17.5. The smallest absolute Gasteiger partial charge is 0.159 e. The molecule has 6 unspecified atom stereocenters. The molecule has 7 heteroatoms. The van der Waals surface area contributed by atoms with Gasteiger partial charge in [-0.15, -0.1) is 12.8 Å². The van der Waals surface area contributed by atoms with Crippen molar-refractivity contribution in [3.8, 4) is 24.7 Å². The molecule has 6 saturated carbocycles. The molecular weight excluding hydrogens is 628 g/mol. The molecule has 8 aliphatic carbocycles. The standard InChI is InChI=1S/C22H32O3.C21H30O4/c1-5-22(25)13(2)19(24)18-16-7-6-14-12-15(23)8-10-20(14,3)17(16)9-11-21(18,22)4;1-4-21(25)18(24)17(23)16-14-6-5-12-11-13(22)7-9-19(12,2)15(14)8-10-20(16,21)3/h1,6,13,15-19,23-25H,7-12H2,2-4H3;1,5,13-18,22-25H,6-11H2,2-3H3/t13-,15+,16?,17?,18?,19-,20-,21-,22-;13-,14?,15?,16?,17+,18-,19-,20-,21-/m00/s1. The maximum atomic E-state index is 11.3. The van der Waals surface area contributed by atoms with Crippen LogP contribution in [0.2, 0.25) is 0 Å². The minimum absolute atomic E-state index is 0.0452. The molecule has 0 bridgehead atoms. The summed E-state index contributed by atoms with van der Waals surface area (Å²) < 4.78 is 0. The van der Waals surface area contributed by atoms with Crippen molar-refractivity contribution >= 4 is 0 Å². The molecule has 0 aromatic rings. The van der Waals surface area contributed by atoms with Gasteiger partial charge < -0.3 is 35.7 Å². The lowest BCUT2D eigenvalue weighted by atomic mass is 9.47. The molecule has 0 aromatic carbocycles. The normalized spacial score (nSPS) is 57.7. The fourth-order valence-corrected chi connectivity index (χ4v) is 14.3. The summed E-state index contributed by atoms with van der Waals surface area (Å²) >= 11 is 0. The average molecular weight is 691 g/mol. The van der Waals surface area contributed by atoms with Crippen LogP contribution in [0.15, 0.2) is 23.3 Å². The van der Waals surface area contributed by atoms with E-state index in [1.165, 1.54) is 11.1 Å². The van der Waals surface area contributed by atoms with E-state index in [0.29, 0.717) is 24.2 Å². The van der Waals surface area contributed by atoms with Gasteiger partial charge >= 0.3 is 0 Å². The Hall–Kier alpha value is -1.68. The van der Waals surface area contributed by atoms with Gasteiger partial charge in [0.2, 0.25) is 0 Å². The number of aliphatic hydroxyl groups excluding tert-OH is 5. The van der Waals surface area contributed by atoms with Crippen molar-refractivity contribution in [2.24, 2.45) is 63.1 Å². The summed E-state index contributed by atoms with van der Waals surface area (Å²) in [5, 5.41) is 74.9. The van der Waals surface area contributed by atoms with Crippen molar-refractivity contribution in [3.05, 3.63) is 23.3 Å². The Morgan fingerprint density at radius 1 is 0.620 bits per heavy atom. The second kappa shape index (κ2) is 11.9. The number of fused-ring (bicyclic) bond motifs is 10. The van der Waals surface area contributed by atoms with Gasteiger partial charge in [0.05, 0.1) is 24.4 Å². The van der Waals surface area contributed by atoms with Gasteiger partial charge in [-0.05, 0) is 117 Å². The van der Waals surface area contributed by atoms with E-state index < -0.39 is 40.3 Å². The minimum atomic E-state index is -1.67. The lowest BCUT2D eigenvalue weighted by Gasteiger charge is -2.58. The van der Waals surface area contributed by atoms with Crippen LogP contribution in [-0.4, -0.2) is 77.5 Å². The maximum Gasteiger partial charge on any atom is 0.159 e. The van der Waals surface area contributed by atoms with E-state index in [2.05, 4.69) is 44.8 Å². The van der Waals surface area contributed by atoms with Crippen LogP contribution in [-0.2, 0) is 0 Å². The Morgan fingerprint density at radius 2 is 1.04 bits per heavy atom. The predicted octanol–water partition coefficient (Wildman–Crippen LogP) is 4.51. The lowest BCUT2D eigenvalue weighted by Crippen LogP contribution is -2.56. The van der Waals surface area contributed by atoms with Crippen LogP contribution in [0.4, 0.5) is 0 Å². The highest BCUT2D eigenvalue weighted by molar-refractivity contribution is 5.33. The van der Waals surface area contributed by atoms with E-state index in [-0.39, 0.29) is 46.7 Å². The zero-order valence-corrected chi connectivity index (χ0v) is 30.9. The lowest BCUT2D eigenvalue weighted by molar-refractivity contribution is -0.118. The number of aliphatic hydroxyl groups is 7. The first kappa shape index (κ1) is 36.7. The van der Waals surface area contributed by atoms with Crippen LogP contribution >= 0.6 is 0 Å². The van der Waals surface area contributed by atoms with Crippen LogP contribution in [0.5, 0.6) is 0 Å². The van der Waals surface area contributed by atoms with E-state index in [0.717, 1.165) is 70.6 Å². The van der Waals surface area contributed by atoms with Crippen molar-refractivity contribution in [1.82, 2.24) is 0 Å². The number of hydrogen-bond acceptors (Lipinski definition) is 7. The van der Waals surface area contributed by atoms with Crippen LogP contribution < -0.4 is 0 Å². The second-order valence-corrected chi connectivity index (χ2v) is 19.1. The van der Waals surface area contributed by atoms with Crippen LogP contribution in [0.3, 0.4) is 0 Å². The van der Waals surface area contributed by atoms with Crippen LogP contribution in [0.25, 0.3) is 0 Å². The Morgan fingerprint density at radius 3 is 1.48 bits per heavy atom. The monoisotopic (exact) mass is 690 g/mol. The highest BCUT2D eigenvalue weighted by Crippen LogP contribution is 2.69. The summed E-state index contributed by atoms with van der Waals surface area (Å²) in [4.78, 5) is 0. The van der Waals surface area contributed by atoms with Gasteiger partial charge in [-0.1, -0.05) is 69.8 Å². The largest absolute Gasteiger partial charge is 0.393 e. The first-order chi connectivity index (χ1) is 23.4. The number of terminal acetylenes is 2. The van der Waals surface area contributed by atoms with Gasteiger partial charge in [0.1, 0.15) is 11.7 Å². The van der Waals surface area contributed by atoms with Gasteiger partial charge in [0.15, 0.2) is 5.60 Å². The summed E-state index contributed by atoms with van der Waals surface area (Å²) in [6, 6.07) is 0. The first-order valence-corrected chi connectivity index (χ1v) is 19.6. The molecule has 7 nitrogen and oxygen atoms in total. The summed E-state index contributed by atoms with van der Waals surface area (Å²) in [7, 11) is 0. The van der Waals surface area contributed by atoms with Crippen molar-refractivity contribution in [3.63, 3.8) is 0 Å². The minimum Gasteiger partial charge on any atom is -0.393 e. The molecule has 50 heavy (non-hydrogen) atoms. The van der Waals surface area contributed by atoms with Crippen molar-refractivity contribution in [1.29, 1.82) is 0 Å². The third kappa shape index (κ3) is 4.57. The Kier molecular flexibility index (Phi) is 8.74. The molecule has 18 atom stereocenters. The van der Waals surface area contributed by atoms with E-state index in [1.54, 1.807) is 0 Å². The number of allylic oxidation sites excluding steroid dienone is 2. The Balaban J connectivity index is 0.000000157. The van der Waals surface area contributed by atoms with Crippen LogP contribution in [0.1, 0.15) is 112 Å². The Bertz CT molecular complexity index is 1410. The third-order valence-electron chi connectivity index (χ3n) is 17.5. The van der Waals surface area contributed by atoms with Gasteiger partial charge in [0.25, 0.3) is 0 Å². The average Bonchev–Trinajstić information content (AvgIpc) is 3.35. The van der Waals surface area contributed by atoms with E-state index >= 15 is 0 Å². The molecule has 7 N–H and O–H groups in total. The van der Waals surface area contributed by atoms with Gasteiger partial charge in [0, 0.05) is 22.7 Å². The van der Waals surface area contributed by atoms with E-state index in [4.69, 9.17) is 12.8 Å². The molecule has 0 saturated heterocycles. The van der Waals surface area contributed by atoms with Crippen molar-refractivity contribution < 1.29 is 35.7 Å². The molecule has 6 fully saturated rings. The van der Waals surface area contributed by atoms with E-state index in [9.17, 15) is 35.7 Å². The fourth-order valence-electron chi connectivity index (χ4n) is 14.3. The summed E-state index contributed by atoms with van der Waals surface area (Å²) in [6.07, 6.45) is 23.2. The number of hydrogen-bond donors (Lipinski definition) is 7. The quantitative estimate of drug-likeness (QED) is 0.147. The molecule has 0 amide bonds. The zero-order chi connectivity index (χ0) is 36.4. The molecule has 8 aliphatic rings. The highest BCUT2D eigenvalue weighted by Gasteiger charge is 2.71. The predicted molar refractivity (Wildman–Crippen MR) is 192 cm³/mol. The van der Waals surface area contributed by atoms with Crippen molar-refractivity contribution in [2.75, 3.05) is 0 Å². The van der Waals surface area contributed by atoms with Gasteiger partial charge in [-0.3, -0.25) is 0 Å². The molecule has 0 aromatic heterocycles. The van der Waals surface area contributed by atoms with Crippen LogP contribution in [0, 0.1) is 87.8 Å². The fraction of sp³-hybridized carbons (Fsp3) is 0.814. The molecule has 8 rings (SSSR count). The second-order valence-electron chi connectivity index (χ2n) is 19.1. The molecule has 0 aliphatic heterocycles. The maximum absolute atomic E-state index is 11.3. The Labute approximate surface area is 299 Å². The summed E-state index contributed by atoms with van der Waals surface area (Å²) in [6.45, 7) is 10.6. The van der Waals surface area contributed by atoms with E-state index in [1.807, 2.05) is 13.8 Å². The SMILES string of the molecule is C#C[C@]1(O)[C@@H](C)[C@H](O)C2C3CC=C4C[C@H](O)CC[C@]4(C)C3CC[C@@]21C.C#C[C@]1(O)[C@@H](O)[C@H](O)C2C3CC=C4C[C@@H](O)CC[C@]4(C)C3CC[C@@]21C. The number of rotatable bonds is 0. The first-order valence-electron chi connectivity index (χ1n) is 19.6. The molecule has 0 radical (unpaired) electrons. The topological polar surface area (TPSA) is 142 Å². The summed E-state index contributed by atoms with van der Waals surface area (Å²) in [5.41, 5.74) is -1.03.